The Bertz CT molecular complexity index is 648. The largest absolute Gasteiger partial charge is 0.462 e. The van der Waals surface area contributed by atoms with E-state index < -0.39 is 0 Å². The van der Waals surface area contributed by atoms with Crippen LogP contribution in [0.5, 0.6) is 0 Å². The molecular formula is C16H17NO2S. The maximum atomic E-state index is 12.1. The maximum Gasteiger partial charge on any atom is 0.341 e. The summed E-state index contributed by atoms with van der Waals surface area (Å²) in [6.45, 7) is 2.18. The van der Waals surface area contributed by atoms with E-state index in [9.17, 15) is 4.79 Å². The molecule has 0 amide bonds. The summed E-state index contributed by atoms with van der Waals surface area (Å²) in [5.74, 6) is -0.0372. The van der Waals surface area contributed by atoms with Crippen molar-refractivity contribution in [2.24, 2.45) is 0 Å². The van der Waals surface area contributed by atoms with Crippen molar-refractivity contribution in [3.63, 3.8) is 0 Å². The number of ether oxygens (including phenoxy) is 1. The first-order valence-electron chi connectivity index (χ1n) is 6.84. The van der Waals surface area contributed by atoms with Gasteiger partial charge >= 0.3 is 5.97 Å². The molecule has 1 aromatic carbocycles. The molecule has 2 N–H and O–H groups in total. The number of rotatable bonds is 3. The van der Waals surface area contributed by atoms with Crippen LogP contribution in [0.15, 0.2) is 29.6 Å². The highest BCUT2D eigenvalue weighted by molar-refractivity contribution is 7.14. The van der Waals surface area contributed by atoms with Crippen LogP contribution >= 0.6 is 11.3 Å². The second-order valence-electron chi connectivity index (χ2n) is 4.94. The molecule has 4 heteroatoms. The molecule has 3 rings (SSSR count). The number of thiophene rings is 1. The van der Waals surface area contributed by atoms with Crippen LogP contribution in [0.4, 0.5) is 5.00 Å². The standard InChI is InChI=1S/C16H17NO2S/c1-2-19-16(18)14-13(9-20-15(14)17)12-8-7-10-5-3-4-6-11(10)12/h3-6,9,12H,2,7-8,17H2,1H3. The van der Waals surface area contributed by atoms with Gasteiger partial charge in [-0.05, 0) is 41.8 Å². The summed E-state index contributed by atoms with van der Waals surface area (Å²) in [5, 5.41) is 2.57. The Morgan fingerprint density at radius 3 is 3.00 bits per heavy atom. The molecule has 1 atom stereocenters. The number of fused-ring (bicyclic) bond motifs is 1. The number of hydrogen-bond donors (Lipinski definition) is 1. The minimum absolute atomic E-state index is 0.263. The summed E-state index contributed by atoms with van der Waals surface area (Å²) >= 11 is 1.42. The van der Waals surface area contributed by atoms with Gasteiger partial charge in [-0.1, -0.05) is 24.3 Å². The van der Waals surface area contributed by atoms with Gasteiger partial charge in [-0.15, -0.1) is 11.3 Å². The Morgan fingerprint density at radius 1 is 1.40 bits per heavy atom. The van der Waals surface area contributed by atoms with Crippen LogP contribution in [-0.4, -0.2) is 12.6 Å². The minimum Gasteiger partial charge on any atom is -0.462 e. The zero-order valence-electron chi connectivity index (χ0n) is 11.4. The van der Waals surface area contributed by atoms with E-state index in [4.69, 9.17) is 10.5 Å². The number of esters is 1. The lowest BCUT2D eigenvalue weighted by Gasteiger charge is -2.13. The highest BCUT2D eigenvalue weighted by Crippen LogP contribution is 2.42. The van der Waals surface area contributed by atoms with Crippen molar-refractivity contribution in [1.29, 1.82) is 0 Å². The summed E-state index contributed by atoms with van der Waals surface area (Å²) in [7, 11) is 0. The first-order valence-corrected chi connectivity index (χ1v) is 7.72. The van der Waals surface area contributed by atoms with Gasteiger partial charge in [0.15, 0.2) is 0 Å². The number of aryl methyl sites for hydroxylation is 1. The summed E-state index contributed by atoms with van der Waals surface area (Å²) in [6.07, 6.45) is 2.08. The van der Waals surface area contributed by atoms with Crippen molar-refractivity contribution in [2.75, 3.05) is 12.3 Å². The number of hydrogen-bond acceptors (Lipinski definition) is 4. The van der Waals surface area contributed by atoms with E-state index in [1.165, 1.54) is 22.5 Å². The zero-order chi connectivity index (χ0) is 14.1. The number of carbonyl (C=O) groups is 1. The van der Waals surface area contributed by atoms with E-state index in [-0.39, 0.29) is 11.9 Å². The normalized spacial score (nSPS) is 16.9. The first-order chi connectivity index (χ1) is 9.72. The van der Waals surface area contributed by atoms with Crippen LogP contribution in [0.2, 0.25) is 0 Å². The van der Waals surface area contributed by atoms with Crippen LogP contribution in [0.3, 0.4) is 0 Å². The minimum atomic E-state index is -0.300. The lowest BCUT2D eigenvalue weighted by molar-refractivity contribution is 0.0526. The number of nitrogens with two attached hydrogens (primary N) is 1. The number of anilines is 1. The summed E-state index contributed by atoms with van der Waals surface area (Å²) < 4.78 is 5.14. The van der Waals surface area contributed by atoms with E-state index in [2.05, 4.69) is 24.3 Å². The van der Waals surface area contributed by atoms with E-state index >= 15 is 0 Å². The summed E-state index contributed by atoms with van der Waals surface area (Å²) in [6, 6.07) is 8.43. The highest BCUT2D eigenvalue weighted by atomic mass is 32.1. The second kappa shape index (κ2) is 5.29. The van der Waals surface area contributed by atoms with Gasteiger partial charge in [0.05, 0.1) is 12.2 Å². The molecule has 0 bridgehead atoms. The third-order valence-electron chi connectivity index (χ3n) is 3.84. The van der Waals surface area contributed by atoms with Crippen molar-refractivity contribution in [2.45, 2.75) is 25.7 Å². The predicted molar refractivity (Wildman–Crippen MR) is 81.3 cm³/mol. The fourth-order valence-electron chi connectivity index (χ4n) is 2.95. The topological polar surface area (TPSA) is 52.3 Å². The third kappa shape index (κ3) is 2.10. The van der Waals surface area contributed by atoms with Crippen LogP contribution in [-0.2, 0) is 11.2 Å². The Balaban J connectivity index is 2.02. The fourth-order valence-corrected chi connectivity index (χ4v) is 3.80. The Kier molecular flexibility index (Phi) is 3.49. The van der Waals surface area contributed by atoms with Gasteiger partial charge in [-0.25, -0.2) is 4.79 Å². The highest BCUT2D eigenvalue weighted by Gasteiger charge is 2.30. The van der Waals surface area contributed by atoms with Gasteiger partial charge in [-0.3, -0.25) is 0 Å². The van der Waals surface area contributed by atoms with Gasteiger partial charge in [-0.2, -0.15) is 0 Å². The molecule has 1 aromatic heterocycles. The SMILES string of the molecule is CCOC(=O)c1c(C2CCc3ccccc32)csc1N. The molecule has 0 radical (unpaired) electrons. The first kappa shape index (κ1) is 13.2. The molecule has 2 aromatic rings. The molecule has 0 aliphatic heterocycles. The number of carbonyl (C=O) groups excluding carboxylic acids is 1. The molecule has 1 unspecified atom stereocenters. The van der Waals surface area contributed by atoms with Crippen molar-refractivity contribution in [1.82, 2.24) is 0 Å². The fraction of sp³-hybridized carbons (Fsp3) is 0.312. The molecule has 0 saturated heterocycles. The second-order valence-corrected chi connectivity index (χ2v) is 5.85. The Morgan fingerprint density at radius 2 is 2.20 bits per heavy atom. The third-order valence-corrected chi connectivity index (χ3v) is 4.67. The van der Waals surface area contributed by atoms with Crippen molar-refractivity contribution in [3.05, 3.63) is 51.9 Å². The Labute approximate surface area is 122 Å². The van der Waals surface area contributed by atoms with Crippen molar-refractivity contribution in [3.8, 4) is 0 Å². The van der Waals surface area contributed by atoms with Gasteiger partial charge in [0, 0.05) is 5.92 Å². The van der Waals surface area contributed by atoms with E-state index in [1.807, 2.05) is 12.3 Å². The molecule has 0 fully saturated rings. The number of nitrogen functional groups attached to an aromatic ring is 1. The molecule has 1 aliphatic carbocycles. The van der Waals surface area contributed by atoms with Crippen LogP contribution in [0, 0.1) is 0 Å². The van der Waals surface area contributed by atoms with Crippen LogP contribution in [0.1, 0.15) is 46.3 Å². The quantitative estimate of drug-likeness (QED) is 0.878. The van der Waals surface area contributed by atoms with Crippen LogP contribution in [0.25, 0.3) is 0 Å². The molecule has 0 saturated carbocycles. The molecule has 20 heavy (non-hydrogen) atoms. The predicted octanol–water partition coefficient (Wildman–Crippen LogP) is 3.59. The molecule has 104 valence electrons. The molecule has 3 nitrogen and oxygen atoms in total. The molecule has 1 heterocycles. The van der Waals surface area contributed by atoms with Gasteiger partial charge in [0.2, 0.25) is 0 Å². The average Bonchev–Trinajstić information content (AvgIpc) is 3.02. The van der Waals surface area contributed by atoms with E-state index in [1.54, 1.807) is 0 Å². The smallest absolute Gasteiger partial charge is 0.341 e. The van der Waals surface area contributed by atoms with Crippen LogP contribution < -0.4 is 5.73 Å². The van der Waals surface area contributed by atoms with E-state index in [0.29, 0.717) is 17.2 Å². The molecular weight excluding hydrogens is 270 g/mol. The monoisotopic (exact) mass is 287 g/mol. The van der Waals surface area contributed by atoms with Gasteiger partial charge in [0.1, 0.15) is 5.00 Å². The van der Waals surface area contributed by atoms with Crippen molar-refractivity contribution < 1.29 is 9.53 Å². The summed E-state index contributed by atoms with van der Waals surface area (Å²) in [5.41, 5.74) is 10.3. The average molecular weight is 287 g/mol. The Hall–Kier alpha value is -1.81. The number of benzene rings is 1. The van der Waals surface area contributed by atoms with Gasteiger partial charge < -0.3 is 10.5 Å². The lowest BCUT2D eigenvalue weighted by Crippen LogP contribution is -2.10. The summed E-state index contributed by atoms with van der Waals surface area (Å²) in [4.78, 5) is 12.1. The lowest BCUT2D eigenvalue weighted by atomic mass is 9.92. The molecule has 1 aliphatic rings. The maximum absolute atomic E-state index is 12.1. The van der Waals surface area contributed by atoms with Gasteiger partial charge in [0.25, 0.3) is 0 Å². The molecule has 0 spiro atoms. The van der Waals surface area contributed by atoms with Crippen molar-refractivity contribution >= 4 is 22.3 Å². The zero-order valence-corrected chi connectivity index (χ0v) is 12.2. The van der Waals surface area contributed by atoms with E-state index in [0.717, 1.165) is 18.4 Å².